The van der Waals surface area contributed by atoms with Crippen molar-refractivity contribution in [2.24, 2.45) is 0 Å². The molecule has 7 heteroatoms. The third-order valence-electron chi connectivity index (χ3n) is 3.51. The SMILES string of the molecule is CCc1nc(-c2ccc3c(c2)OCC3NC(=O)OC(C)(C)C)no1. The second-order valence-corrected chi connectivity index (χ2v) is 6.63. The predicted octanol–water partition coefficient (Wildman–Crippen LogP) is 3.26. The van der Waals surface area contributed by atoms with Gasteiger partial charge in [-0.1, -0.05) is 24.2 Å². The third-order valence-corrected chi connectivity index (χ3v) is 3.51. The average molecular weight is 331 g/mol. The predicted molar refractivity (Wildman–Crippen MR) is 86.7 cm³/mol. The summed E-state index contributed by atoms with van der Waals surface area (Å²) in [5, 5.41) is 6.79. The molecule has 0 fully saturated rings. The summed E-state index contributed by atoms with van der Waals surface area (Å²) in [6.45, 7) is 7.80. The molecule has 3 rings (SSSR count). The molecule has 1 aliphatic rings. The van der Waals surface area contributed by atoms with Gasteiger partial charge in [-0.25, -0.2) is 4.79 Å². The van der Waals surface area contributed by atoms with Gasteiger partial charge in [0.1, 0.15) is 18.0 Å². The molecule has 1 amide bonds. The Labute approximate surface area is 140 Å². The van der Waals surface area contributed by atoms with Crippen LogP contribution in [0.15, 0.2) is 22.7 Å². The van der Waals surface area contributed by atoms with Crippen molar-refractivity contribution in [3.63, 3.8) is 0 Å². The number of nitrogens with one attached hydrogen (secondary N) is 1. The number of hydrogen-bond acceptors (Lipinski definition) is 6. The molecule has 1 aliphatic heterocycles. The molecule has 1 aromatic heterocycles. The van der Waals surface area contributed by atoms with Gasteiger partial charge in [-0.2, -0.15) is 4.98 Å². The fourth-order valence-electron chi connectivity index (χ4n) is 2.43. The number of ether oxygens (including phenoxy) is 2. The van der Waals surface area contributed by atoms with E-state index in [4.69, 9.17) is 14.0 Å². The molecule has 0 saturated heterocycles. The van der Waals surface area contributed by atoms with Crippen molar-refractivity contribution in [3.8, 4) is 17.1 Å². The Morgan fingerprint density at radius 2 is 2.21 bits per heavy atom. The molecular formula is C17H21N3O4. The van der Waals surface area contributed by atoms with E-state index in [1.165, 1.54) is 0 Å². The van der Waals surface area contributed by atoms with Crippen molar-refractivity contribution in [3.05, 3.63) is 29.7 Å². The number of carbonyl (C=O) groups excluding carboxylic acids is 1. The van der Waals surface area contributed by atoms with E-state index in [2.05, 4.69) is 15.5 Å². The van der Waals surface area contributed by atoms with Crippen molar-refractivity contribution in [2.75, 3.05) is 6.61 Å². The Morgan fingerprint density at radius 3 is 2.88 bits per heavy atom. The monoisotopic (exact) mass is 331 g/mol. The number of carbonyl (C=O) groups is 1. The Hall–Kier alpha value is -2.57. The van der Waals surface area contributed by atoms with Crippen LogP contribution in [0.5, 0.6) is 5.75 Å². The standard InChI is InChI=1S/C17H21N3O4/c1-5-14-19-15(20-24-14)10-6-7-11-12(9-22-13(11)8-10)18-16(21)23-17(2,3)4/h6-8,12H,5,9H2,1-4H3,(H,18,21). The molecular weight excluding hydrogens is 310 g/mol. The molecule has 0 radical (unpaired) electrons. The normalized spacial score (nSPS) is 16.4. The van der Waals surface area contributed by atoms with Crippen molar-refractivity contribution < 1.29 is 18.8 Å². The van der Waals surface area contributed by atoms with Crippen LogP contribution in [0.1, 0.15) is 45.2 Å². The lowest BCUT2D eigenvalue weighted by Crippen LogP contribution is -2.35. The number of amides is 1. The summed E-state index contributed by atoms with van der Waals surface area (Å²) >= 11 is 0. The van der Waals surface area contributed by atoms with Crippen LogP contribution < -0.4 is 10.1 Å². The zero-order valence-corrected chi connectivity index (χ0v) is 14.3. The number of aromatic nitrogens is 2. The largest absolute Gasteiger partial charge is 0.491 e. The van der Waals surface area contributed by atoms with Gasteiger partial charge in [-0.05, 0) is 26.8 Å². The van der Waals surface area contributed by atoms with Crippen LogP contribution in [0, 0.1) is 0 Å². The highest BCUT2D eigenvalue weighted by molar-refractivity contribution is 5.69. The first-order valence-corrected chi connectivity index (χ1v) is 7.95. The molecule has 2 heterocycles. The maximum Gasteiger partial charge on any atom is 0.408 e. The molecule has 0 saturated carbocycles. The van der Waals surface area contributed by atoms with Gasteiger partial charge in [0.05, 0.1) is 6.04 Å². The van der Waals surface area contributed by atoms with Crippen LogP contribution in [0.3, 0.4) is 0 Å². The van der Waals surface area contributed by atoms with E-state index < -0.39 is 11.7 Å². The number of benzene rings is 1. The molecule has 24 heavy (non-hydrogen) atoms. The molecule has 0 bridgehead atoms. The lowest BCUT2D eigenvalue weighted by Gasteiger charge is -2.21. The quantitative estimate of drug-likeness (QED) is 0.929. The number of rotatable bonds is 3. The highest BCUT2D eigenvalue weighted by Crippen LogP contribution is 2.35. The Balaban J connectivity index is 1.74. The zero-order valence-electron chi connectivity index (χ0n) is 14.3. The van der Waals surface area contributed by atoms with Gasteiger partial charge in [0.25, 0.3) is 0 Å². The van der Waals surface area contributed by atoms with Crippen LogP contribution in [0.2, 0.25) is 0 Å². The van der Waals surface area contributed by atoms with E-state index >= 15 is 0 Å². The molecule has 1 N–H and O–H groups in total. The van der Waals surface area contributed by atoms with Crippen molar-refractivity contribution in [1.82, 2.24) is 15.5 Å². The molecule has 1 unspecified atom stereocenters. The Bertz CT molecular complexity index is 749. The zero-order chi connectivity index (χ0) is 17.3. The first-order chi connectivity index (χ1) is 11.4. The fourth-order valence-corrected chi connectivity index (χ4v) is 2.43. The van der Waals surface area contributed by atoms with E-state index in [0.29, 0.717) is 30.5 Å². The van der Waals surface area contributed by atoms with Crippen molar-refractivity contribution >= 4 is 6.09 Å². The third kappa shape index (κ3) is 3.50. The minimum atomic E-state index is -0.536. The number of aryl methyl sites for hydroxylation is 1. The Morgan fingerprint density at radius 1 is 1.42 bits per heavy atom. The summed E-state index contributed by atoms with van der Waals surface area (Å²) < 4.78 is 16.1. The van der Waals surface area contributed by atoms with Crippen molar-refractivity contribution in [1.29, 1.82) is 0 Å². The van der Waals surface area contributed by atoms with E-state index in [1.54, 1.807) is 0 Å². The fraction of sp³-hybridized carbons (Fsp3) is 0.471. The summed E-state index contributed by atoms with van der Waals surface area (Å²) in [4.78, 5) is 16.2. The van der Waals surface area contributed by atoms with Crippen molar-refractivity contribution in [2.45, 2.75) is 45.8 Å². The van der Waals surface area contributed by atoms with Gasteiger partial charge in [0.2, 0.25) is 11.7 Å². The highest BCUT2D eigenvalue weighted by atomic mass is 16.6. The second kappa shape index (κ2) is 6.14. The minimum Gasteiger partial charge on any atom is -0.491 e. The summed E-state index contributed by atoms with van der Waals surface area (Å²) in [6, 6.07) is 5.42. The first kappa shape index (κ1) is 16.3. The maximum atomic E-state index is 11.9. The van der Waals surface area contributed by atoms with Gasteiger partial charge in [0.15, 0.2) is 0 Å². The summed E-state index contributed by atoms with van der Waals surface area (Å²) in [6.07, 6.45) is 0.231. The van der Waals surface area contributed by atoms with Crippen LogP contribution >= 0.6 is 0 Å². The maximum absolute atomic E-state index is 11.9. The lowest BCUT2D eigenvalue weighted by atomic mass is 10.1. The van der Waals surface area contributed by atoms with Gasteiger partial charge in [-0.3, -0.25) is 0 Å². The van der Waals surface area contributed by atoms with E-state index in [9.17, 15) is 4.79 Å². The molecule has 7 nitrogen and oxygen atoms in total. The van der Waals surface area contributed by atoms with Gasteiger partial charge in [0, 0.05) is 17.5 Å². The lowest BCUT2D eigenvalue weighted by molar-refractivity contribution is 0.0497. The molecule has 128 valence electrons. The number of fused-ring (bicyclic) bond motifs is 1. The first-order valence-electron chi connectivity index (χ1n) is 7.95. The molecule has 1 aromatic carbocycles. The van der Waals surface area contributed by atoms with E-state index in [-0.39, 0.29) is 6.04 Å². The topological polar surface area (TPSA) is 86.5 Å². The van der Waals surface area contributed by atoms with E-state index in [1.807, 2.05) is 45.9 Å². The van der Waals surface area contributed by atoms with Gasteiger partial charge < -0.3 is 19.3 Å². The van der Waals surface area contributed by atoms with E-state index in [0.717, 1.165) is 11.1 Å². The number of nitrogens with zero attached hydrogens (tertiary/aromatic N) is 2. The summed E-state index contributed by atoms with van der Waals surface area (Å²) in [7, 11) is 0. The average Bonchev–Trinajstić information content (AvgIpc) is 3.12. The van der Waals surface area contributed by atoms with Crippen LogP contribution in [0.25, 0.3) is 11.4 Å². The number of alkyl carbamates (subject to hydrolysis) is 1. The van der Waals surface area contributed by atoms with Gasteiger partial charge >= 0.3 is 6.09 Å². The minimum absolute atomic E-state index is 0.236. The van der Waals surface area contributed by atoms with Crippen LogP contribution in [0.4, 0.5) is 4.79 Å². The molecule has 2 aromatic rings. The molecule has 1 atom stereocenters. The Kier molecular flexibility index (Phi) is 4.17. The molecule has 0 spiro atoms. The van der Waals surface area contributed by atoms with Crippen LogP contribution in [-0.2, 0) is 11.2 Å². The van der Waals surface area contributed by atoms with Crippen LogP contribution in [-0.4, -0.2) is 28.4 Å². The van der Waals surface area contributed by atoms with Gasteiger partial charge in [-0.15, -0.1) is 0 Å². The summed E-state index contributed by atoms with van der Waals surface area (Å²) in [5.41, 5.74) is 1.19. The molecule has 0 aliphatic carbocycles. The smallest absolute Gasteiger partial charge is 0.408 e. The highest BCUT2D eigenvalue weighted by Gasteiger charge is 2.28. The second-order valence-electron chi connectivity index (χ2n) is 6.63. The number of hydrogen-bond donors (Lipinski definition) is 1. The summed E-state index contributed by atoms with van der Waals surface area (Å²) in [5.74, 6) is 1.83.